The largest absolute Gasteiger partial charge is 0.249 e. The van der Waals surface area contributed by atoms with Gasteiger partial charge in [0.1, 0.15) is 11.3 Å². The Labute approximate surface area is 114 Å². The zero-order valence-corrected chi connectivity index (χ0v) is 10.9. The Morgan fingerprint density at radius 3 is 2.63 bits per heavy atom. The summed E-state index contributed by atoms with van der Waals surface area (Å²) >= 11 is 6.12. The lowest BCUT2D eigenvalue weighted by molar-refractivity contribution is 0.628. The molecule has 2 aromatic carbocycles. The van der Waals surface area contributed by atoms with Crippen LogP contribution in [0.3, 0.4) is 0 Å². The lowest BCUT2D eigenvalue weighted by atomic mass is 10.1. The summed E-state index contributed by atoms with van der Waals surface area (Å²) in [6.45, 7) is 1.85. The van der Waals surface area contributed by atoms with Crippen LogP contribution in [0.1, 0.15) is 5.69 Å². The van der Waals surface area contributed by atoms with Gasteiger partial charge in [-0.05, 0) is 31.2 Å². The number of hydrogen-bond donors (Lipinski definition) is 0. The molecule has 3 aromatic rings. The quantitative estimate of drug-likeness (QED) is 0.656. The molecule has 0 N–H and O–H groups in total. The monoisotopic (exact) mass is 272 g/mol. The third kappa shape index (κ3) is 2.17. The Balaban J connectivity index is 2.29. The molecule has 94 valence electrons. The van der Waals surface area contributed by atoms with Gasteiger partial charge in [-0.25, -0.2) is 14.4 Å². The Bertz CT molecular complexity index is 771. The van der Waals surface area contributed by atoms with Crippen LogP contribution in [-0.4, -0.2) is 9.97 Å². The predicted octanol–water partition coefficient (Wildman–Crippen LogP) is 4.40. The summed E-state index contributed by atoms with van der Waals surface area (Å²) in [5.41, 5.74) is 3.48. The maximum absolute atomic E-state index is 13.3. The van der Waals surface area contributed by atoms with E-state index in [1.165, 1.54) is 12.1 Å². The molecule has 2 nitrogen and oxygen atoms in total. The van der Waals surface area contributed by atoms with Crippen LogP contribution in [-0.2, 0) is 0 Å². The van der Waals surface area contributed by atoms with Crippen molar-refractivity contribution < 1.29 is 4.39 Å². The standard InChI is InChI=1S/C15H10ClFN2/c1-9-14(10-4-2-5-11(17)8-10)19-15-12(16)6-3-7-13(15)18-9/h2-8H,1H3. The average Bonchev–Trinajstić information content (AvgIpc) is 2.38. The van der Waals surface area contributed by atoms with Crippen molar-refractivity contribution in [2.24, 2.45) is 0 Å². The van der Waals surface area contributed by atoms with E-state index >= 15 is 0 Å². The van der Waals surface area contributed by atoms with Crippen LogP contribution >= 0.6 is 11.6 Å². The van der Waals surface area contributed by atoms with Crippen molar-refractivity contribution in [1.82, 2.24) is 9.97 Å². The molecule has 0 aliphatic carbocycles. The lowest BCUT2D eigenvalue weighted by Crippen LogP contribution is -1.95. The van der Waals surface area contributed by atoms with Gasteiger partial charge in [-0.3, -0.25) is 0 Å². The highest BCUT2D eigenvalue weighted by molar-refractivity contribution is 6.34. The van der Waals surface area contributed by atoms with Gasteiger partial charge in [0.15, 0.2) is 0 Å². The minimum Gasteiger partial charge on any atom is -0.249 e. The van der Waals surface area contributed by atoms with Gasteiger partial charge < -0.3 is 0 Å². The first-order valence-electron chi connectivity index (χ1n) is 5.84. The van der Waals surface area contributed by atoms with Crippen molar-refractivity contribution in [3.05, 3.63) is 59.0 Å². The fraction of sp³-hybridized carbons (Fsp3) is 0.0667. The minimum atomic E-state index is -0.294. The van der Waals surface area contributed by atoms with Crippen LogP contribution in [0.2, 0.25) is 5.02 Å². The molecule has 0 amide bonds. The summed E-state index contributed by atoms with van der Waals surface area (Å²) in [5, 5.41) is 0.544. The Hall–Kier alpha value is -2.00. The Morgan fingerprint density at radius 2 is 1.84 bits per heavy atom. The van der Waals surface area contributed by atoms with Crippen molar-refractivity contribution in [3.63, 3.8) is 0 Å². The number of aromatic nitrogens is 2. The number of fused-ring (bicyclic) bond motifs is 1. The molecular weight excluding hydrogens is 263 g/mol. The highest BCUT2D eigenvalue weighted by Crippen LogP contribution is 2.26. The molecule has 0 spiro atoms. The summed E-state index contributed by atoms with van der Waals surface area (Å²) < 4.78 is 13.3. The highest BCUT2D eigenvalue weighted by atomic mass is 35.5. The van der Waals surface area contributed by atoms with Crippen molar-refractivity contribution in [1.29, 1.82) is 0 Å². The molecular formula is C15H10ClFN2. The molecule has 19 heavy (non-hydrogen) atoms. The maximum Gasteiger partial charge on any atom is 0.123 e. The zero-order valence-electron chi connectivity index (χ0n) is 10.2. The first-order valence-corrected chi connectivity index (χ1v) is 6.22. The van der Waals surface area contributed by atoms with Gasteiger partial charge in [0.2, 0.25) is 0 Å². The molecule has 0 aliphatic rings. The summed E-state index contributed by atoms with van der Waals surface area (Å²) in [4.78, 5) is 9.00. The number of halogens is 2. The smallest absolute Gasteiger partial charge is 0.123 e. The van der Waals surface area contributed by atoms with Crippen LogP contribution in [0.15, 0.2) is 42.5 Å². The number of benzene rings is 2. The normalized spacial score (nSPS) is 10.9. The highest BCUT2D eigenvalue weighted by Gasteiger charge is 2.10. The zero-order chi connectivity index (χ0) is 13.4. The Morgan fingerprint density at radius 1 is 1.05 bits per heavy atom. The van der Waals surface area contributed by atoms with Crippen LogP contribution in [0.5, 0.6) is 0 Å². The minimum absolute atomic E-state index is 0.294. The first kappa shape index (κ1) is 12.1. The number of para-hydroxylation sites is 1. The Kier molecular flexibility index (Phi) is 2.91. The number of hydrogen-bond acceptors (Lipinski definition) is 2. The van der Waals surface area contributed by atoms with Gasteiger partial charge in [-0.15, -0.1) is 0 Å². The second-order valence-electron chi connectivity index (χ2n) is 4.28. The van der Waals surface area contributed by atoms with Gasteiger partial charge in [-0.2, -0.15) is 0 Å². The van der Waals surface area contributed by atoms with E-state index < -0.39 is 0 Å². The van der Waals surface area contributed by atoms with Gasteiger partial charge in [0.05, 0.1) is 21.9 Å². The van der Waals surface area contributed by atoms with Crippen LogP contribution in [0, 0.1) is 12.7 Å². The molecule has 3 rings (SSSR count). The lowest BCUT2D eigenvalue weighted by Gasteiger charge is -2.07. The SMILES string of the molecule is Cc1nc2cccc(Cl)c2nc1-c1cccc(F)c1. The molecule has 0 fully saturated rings. The van der Waals surface area contributed by atoms with Crippen molar-refractivity contribution in [3.8, 4) is 11.3 Å². The molecule has 0 atom stereocenters. The summed E-state index contributed by atoms with van der Waals surface area (Å²) in [7, 11) is 0. The summed E-state index contributed by atoms with van der Waals surface area (Å²) in [5.74, 6) is -0.294. The second kappa shape index (κ2) is 4.59. The molecule has 1 heterocycles. The van der Waals surface area contributed by atoms with E-state index in [9.17, 15) is 4.39 Å². The number of nitrogens with zero attached hydrogens (tertiary/aromatic N) is 2. The molecule has 0 unspecified atom stereocenters. The van der Waals surface area contributed by atoms with Gasteiger partial charge in [0, 0.05) is 5.56 Å². The van der Waals surface area contributed by atoms with Crippen LogP contribution in [0.4, 0.5) is 4.39 Å². The third-order valence-electron chi connectivity index (χ3n) is 2.92. The van der Waals surface area contributed by atoms with E-state index in [1.54, 1.807) is 12.1 Å². The summed E-state index contributed by atoms with van der Waals surface area (Å²) in [6, 6.07) is 11.8. The molecule has 0 radical (unpaired) electrons. The van der Waals surface area contributed by atoms with Crippen LogP contribution in [0.25, 0.3) is 22.3 Å². The number of rotatable bonds is 1. The second-order valence-corrected chi connectivity index (χ2v) is 4.68. The van der Waals surface area contributed by atoms with Gasteiger partial charge in [0.25, 0.3) is 0 Å². The molecule has 1 aromatic heterocycles. The van der Waals surface area contributed by atoms with E-state index in [2.05, 4.69) is 9.97 Å². The average molecular weight is 273 g/mol. The van der Waals surface area contributed by atoms with E-state index in [-0.39, 0.29) is 5.82 Å². The fourth-order valence-electron chi connectivity index (χ4n) is 2.04. The predicted molar refractivity (Wildman–Crippen MR) is 74.7 cm³/mol. The van der Waals surface area contributed by atoms with Crippen molar-refractivity contribution in [2.75, 3.05) is 0 Å². The molecule has 0 aliphatic heterocycles. The van der Waals surface area contributed by atoms with E-state index in [0.29, 0.717) is 21.8 Å². The van der Waals surface area contributed by atoms with Crippen LogP contribution < -0.4 is 0 Å². The number of aryl methyl sites for hydroxylation is 1. The maximum atomic E-state index is 13.3. The topological polar surface area (TPSA) is 25.8 Å². The van der Waals surface area contributed by atoms with E-state index in [4.69, 9.17) is 11.6 Å². The first-order chi connectivity index (χ1) is 9.15. The van der Waals surface area contributed by atoms with Crippen molar-refractivity contribution >= 4 is 22.6 Å². The van der Waals surface area contributed by atoms with E-state index in [1.807, 2.05) is 25.1 Å². The van der Waals surface area contributed by atoms with E-state index in [0.717, 1.165) is 11.2 Å². The van der Waals surface area contributed by atoms with Gasteiger partial charge >= 0.3 is 0 Å². The molecule has 0 saturated heterocycles. The summed E-state index contributed by atoms with van der Waals surface area (Å²) in [6.07, 6.45) is 0. The fourth-order valence-corrected chi connectivity index (χ4v) is 2.25. The molecule has 0 bridgehead atoms. The third-order valence-corrected chi connectivity index (χ3v) is 3.22. The molecule has 0 saturated carbocycles. The van der Waals surface area contributed by atoms with Gasteiger partial charge in [-0.1, -0.05) is 29.8 Å². The van der Waals surface area contributed by atoms with Crippen molar-refractivity contribution in [2.45, 2.75) is 6.92 Å². The molecule has 4 heteroatoms.